The van der Waals surface area contributed by atoms with Crippen molar-refractivity contribution in [2.45, 2.75) is 37.8 Å². The fraction of sp³-hybridized carbons (Fsp3) is 0.391. The summed E-state index contributed by atoms with van der Waals surface area (Å²) in [6.07, 6.45) is 3.26. The van der Waals surface area contributed by atoms with Gasteiger partial charge in [0.1, 0.15) is 5.69 Å². The Balaban J connectivity index is 1.47. The highest BCUT2D eigenvalue weighted by Gasteiger charge is 2.37. The number of nitrogens with one attached hydrogen (secondary N) is 1. The van der Waals surface area contributed by atoms with Gasteiger partial charge in [-0.2, -0.15) is 4.39 Å². The maximum absolute atomic E-state index is 13.7. The fourth-order valence-electron chi connectivity index (χ4n) is 3.27. The summed E-state index contributed by atoms with van der Waals surface area (Å²) >= 11 is 0. The molecule has 11 heteroatoms. The van der Waals surface area contributed by atoms with Gasteiger partial charge in [-0.1, -0.05) is 12.0 Å². The molecule has 2 aromatic rings. The van der Waals surface area contributed by atoms with Crippen LogP contribution in [0.4, 0.5) is 19.4 Å². The van der Waals surface area contributed by atoms with Crippen LogP contribution in [0.3, 0.4) is 0 Å². The Bertz CT molecular complexity index is 1180. The van der Waals surface area contributed by atoms with Crippen molar-refractivity contribution in [2.75, 3.05) is 25.5 Å². The van der Waals surface area contributed by atoms with E-state index in [1.54, 1.807) is 11.9 Å². The van der Waals surface area contributed by atoms with Crippen molar-refractivity contribution in [3.63, 3.8) is 0 Å². The number of carbonyl (C=O) groups excluding carboxylic acids is 3. The number of carbonyl (C=O) groups is 3. The molecular formula is C23H23F2N5O4. The Morgan fingerprint density at radius 1 is 1.21 bits per heavy atom. The number of aromatic amines is 1. The van der Waals surface area contributed by atoms with Gasteiger partial charge < -0.3 is 14.6 Å². The molecular weight excluding hydrogens is 448 g/mol. The van der Waals surface area contributed by atoms with Gasteiger partial charge in [0.15, 0.2) is 23.2 Å². The van der Waals surface area contributed by atoms with E-state index in [0.29, 0.717) is 6.41 Å². The summed E-state index contributed by atoms with van der Waals surface area (Å²) in [5, 5.41) is 0. The highest BCUT2D eigenvalue weighted by Crippen LogP contribution is 2.33. The van der Waals surface area contributed by atoms with Crippen LogP contribution in [0, 0.1) is 23.5 Å². The van der Waals surface area contributed by atoms with Gasteiger partial charge in [-0.05, 0) is 43.7 Å². The number of amides is 3. The van der Waals surface area contributed by atoms with Crippen molar-refractivity contribution in [3.05, 3.63) is 41.4 Å². The third-order valence-electron chi connectivity index (χ3n) is 5.56. The first-order chi connectivity index (χ1) is 16.3. The van der Waals surface area contributed by atoms with Gasteiger partial charge in [0.05, 0.1) is 6.54 Å². The van der Waals surface area contributed by atoms with Crippen molar-refractivity contribution in [1.29, 1.82) is 0 Å². The van der Waals surface area contributed by atoms with Gasteiger partial charge >= 0.3 is 6.09 Å². The van der Waals surface area contributed by atoms with E-state index in [2.05, 4.69) is 21.8 Å². The lowest BCUT2D eigenvalue weighted by Crippen LogP contribution is -2.32. The molecule has 3 amide bonds. The van der Waals surface area contributed by atoms with Crippen LogP contribution in [-0.4, -0.2) is 70.9 Å². The zero-order valence-electron chi connectivity index (χ0n) is 18.7. The average molecular weight is 471 g/mol. The average Bonchev–Trinajstić information content (AvgIpc) is 3.74. The molecule has 0 bridgehead atoms. The fourth-order valence-corrected chi connectivity index (χ4v) is 3.27. The highest BCUT2D eigenvalue weighted by molar-refractivity contribution is 5.99. The molecule has 4 rings (SSSR count). The molecule has 1 aromatic heterocycles. The number of rotatable bonds is 7. The number of anilines is 1. The second kappa shape index (κ2) is 9.51. The summed E-state index contributed by atoms with van der Waals surface area (Å²) in [6, 6.07) is 3.44. The number of benzene rings is 1. The normalized spacial score (nSPS) is 14.6. The standard InChI is InChI=1S/C23H23F2N5O4/c1-28(23(33)34-17-6-3-5-16(24)19(17)25)12-4-7-18-26-20(22(32)29(2)14-8-9-14)21(27-18)30(13-31)15-10-11-15/h3,5-6,13-15H,8-12H2,1-2H3,(H,26,27). The Labute approximate surface area is 194 Å². The number of H-pyrrole nitrogens is 1. The molecule has 34 heavy (non-hydrogen) atoms. The van der Waals surface area contributed by atoms with Crippen molar-refractivity contribution in [2.24, 2.45) is 0 Å². The van der Waals surface area contributed by atoms with Gasteiger partial charge in [0.2, 0.25) is 12.2 Å². The lowest BCUT2D eigenvalue weighted by Gasteiger charge is -2.19. The SMILES string of the molecule is CN(CC#Cc1nc(N(C=O)C2CC2)c(C(=O)N(C)C2CC2)[nH]1)C(=O)Oc1cccc(F)c1F. The van der Waals surface area contributed by atoms with Gasteiger partial charge in [-0.3, -0.25) is 19.4 Å². The third kappa shape index (κ3) is 5.01. The molecule has 0 spiro atoms. The monoisotopic (exact) mass is 471 g/mol. The van der Waals surface area contributed by atoms with Gasteiger partial charge in [0.25, 0.3) is 5.91 Å². The van der Waals surface area contributed by atoms with Crippen LogP contribution in [0.25, 0.3) is 0 Å². The predicted molar refractivity (Wildman–Crippen MR) is 117 cm³/mol. The van der Waals surface area contributed by atoms with Crippen molar-refractivity contribution in [1.82, 2.24) is 19.8 Å². The molecule has 2 saturated carbocycles. The van der Waals surface area contributed by atoms with E-state index in [4.69, 9.17) is 4.74 Å². The summed E-state index contributed by atoms with van der Waals surface area (Å²) in [6.45, 7) is -0.114. The molecule has 9 nitrogen and oxygen atoms in total. The van der Waals surface area contributed by atoms with E-state index in [0.717, 1.165) is 42.7 Å². The van der Waals surface area contributed by atoms with Crippen molar-refractivity contribution in [3.8, 4) is 17.6 Å². The van der Waals surface area contributed by atoms with Crippen LogP contribution < -0.4 is 9.64 Å². The first kappa shape index (κ1) is 23.2. The molecule has 1 heterocycles. The zero-order chi connectivity index (χ0) is 24.4. The van der Waals surface area contributed by atoms with Crippen LogP contribution in [0.2, 0.25) is 0 Å². The van der Waals surface area contributed by atoms with E-state index < -0.39 is 23.5 Å². The quantitative estimate of drug-likeness (QED) is 0.494. The number of imidazole rings is 1. The molecule has 0 aliphatic heterocycles. The topological polar surface area (TPSA) is 98.8 Å². The first-order valence-electron chi connectivity index (χ1n) is 10.8. The van der Waals surface area contributed by atoms with Gasteiger partial charge in [0, 0.05) is 26.2 Å². The van der Waals surface area contributed by atoms with Crippen LogP contribution in [0.5, 0.6) is 5.75 Å². The molecule has 0 saturated heterocycles. The van der Waals surface area contributed by atoms with Crippen LogP contribution >= 0.6 is 0 Å². The minimum Gasteiger partial charge on any atom is -0.407 e. The van der Waals surface area contributed by atoms with Gasteiger partial charge in [-0.25, -0.2) is 14.2 Å². The predicted octanol–water partition coefficient (Wildman–Crippen LogP) is 2.53. The molecule has 0 unspecified atom stereocenters. The van der Waals surface area contributed by atoms with E-state index in [-0.39, 0.29) is 41.9 Å². The molecule has 0 radical (unpaired) electrons. The molecule has 1 N–H and O–H groups in total. The maximum atomic E-state index is 13.7. The van der Waals surface area contributed by atoms with Crippen LogP contribution in [0.1, 0.15) is 42.0 Å². The third-order valence-corrected chi connectivity index (χ3v) is 5.56. The smallest absolute Gasteiger partial charge is 0.407 e. The van der Waals surface area contributed by atoms with Crippen molar-refractivity contribution >= 4 is 24.2 Å². The Morgan fingerprint density at radius 2 is 1.91 bits per heavy atom. The number of halogens is 2. The number of ether oxygens (including phenoxy) is 1. The lowest BCUT2D eigenvalue weighted by molar-refractivity contribution is -0.107. The summed E-state index contributed by atoms with van der Waals surface area (Å²) in [5.74, 6) is 2.65. The second-order valence-corrected chi connectivity index (χ2v) is 8.25. The van der Waals surface area contributed by atoms with E-state index in [1.165, 1.54) is 18.0 Å². The summed E-state index contributed by atoms with van der Waals surface area (Å²) in [4.78, 5) is 48.1. The molecule has 2 aliphatic rings. The molecule has 178 valence electrons. The number of hydrogen-bond donors (Lipinski definition) is 1. The van der Waals surface area contributed by atoms with Crippen LogP contribution in [-0.2, 0) is 4.79 Å². The number of hydrogen-bond acceptors (Lipinski definition) is 5. The largest absolute Gasteiger partial charge is 0.415 e. The minimum absolute atomic E-state index is 0.00325. The van der Waals surface area contributed by atoms with E-state index in [9.17, 15) is 23.2 Å². The Hall–Kier alpha value is -3.94. The Morgan fingerprint density at radius 3 is 2.56 bits per heavy atom. The van der Waals surface area contributed by atoms with Gasteiger partial charge in [-0.15, -0.1) is 0 Å². The van der Waals surface area contributed by atoms with E-state index in [1.807, 2.05) is 0 Å². The summed E-state index contributed by atoms with van der Waals surface area (Å²) < 4.78 is 31.8. The highest BCUT2D eigenvalue weighted by atomic mass is 19.2. The maximum Gasteiger partial charge on any atom is 0.415 e. The number of nitrogens with zero attached hydrogens (tertiary/aromatic N) is 4. The zero-order valence-corrected chi connectivity index (χ0v) is 18.7. The lowest BCUT2D eigenvalue weighted by atomic mass is 10.3. The summed E-state index contributed by atoms with van der Waals surface area (Å²) in [5.41, 5.74) is 0.187. The molecule has 1 aromatic carbocycles. The molecule has 0 atom stereocenters. The molecule has 2 fully saturated rings. The van der Waals surface area contributed by atoms with E-state index >= 15 is 0 Å². The van der Waals surface area contributed by atoms with Crippen molar-refractivity contribution < 1.29 is 27.9 Å². The minimum atomic E-state index is -1.26. The second-order valence-electron chi connectivity index (χ2n) is 8.25. The Kier molecular flexibility index (Phi) is 6.49. The number of aromatic nitrogens is 2. The first-order valence-corrected chi connectivity index (χ1v) is 10.8. The summed E-state index contributed by atoms with van der Waals surface area (Å²) in [7, 11) is 3.09. The van der Waals surface area contributed by atoms with Crippen LogP contribution in [0.15, 0.2) is 18.2 Å². The molecule has 2 aliphatic carbocycles.